The van der Waals surface area contributed by atoms with Crippen LogP contribution in [0.15, 0.2) is 24.3 Å². The van der Waals surface area contributed by atoms with Gasteiger partial charge in [-0.1, -0.05) is 0 Å². The molecule has 1 N–H and O–H groups in total. The van der Waals surface area contributed by atoms with Crippen LogP contribution < -0.4 is 10.1 Å². The van der Waals surface area contributed by atoms with Crippen LogP contribution in [0.4, 0.5) is 5.69 Å². The highest BCUT2D eigenvalue weighted by molar-refractivity contribution is 7.11. The minimum atomic E-state index is -0.0792. The fraction of sp³-hybridized carbons (Fsp3) is 0.286. The van der Waals surface area contributed by atoms with Crippen molar-refractivity contribution in [2.24, 2.45) is 0 Å². The molecular formula is C14H16N2O2S. The van der Waals surface area contributed by atoms with Gasteiger partial charge in [0.15, 0.2) is 0 Å². The number of aromatic nitrogens is 1. The number of hydrogen-bond acceptors (Lipinski definition) is 4. The van der Waals surface area contributed by atoms with Crippen LogP contribution in [-0.2, 0) is 11.4 Å². The van der Waals surface area contributed by atoms with Crippen LogP contribution in [0.5, 0.6) is 5.75 Å². The molecule has 1 aromatic carbocycles. The number of hydrogen-bond donors (Lipinski definition) is 1. The van der Waals surface area contributed by atoms with E-state index in [9.17, 15) is 4.79 Å². The van der Waals surface area contributed by atoms with Crippen LogP contribution in [0.3, 0.4) is 0 Å². The van der Waals surface area contributed by atoms with Crippen LogP contribution >= 0.6 is 11.3 Å². The number of aryl methyl sites for hydroxylation is 2. The minimum Gasteiger partial charge on any atom is -0.488 e. The highest BCUT2D eigenvalue weighted by Gasteiger charge is 2.05. The third kappa shape index (κ3) is 3.79. The second-order valence-electron chi connectivity index (χ2n) is 4.24. The first-order valence-corrected chi connectivity index (χ1v) is 6.79. The number of benzene rings is 1. The monoisotopic (exact) mass is 276 g/mol. The second kappa shape index (κ2) is 5.84. The number of carbonyl (C=O) groups excluding carboxylic acids is 1. The van der Waals surface area contributed by atoms with Crippen LogP contribution in [0.1, 0.15) is 22.5 Å². The van der Waals surface area contributed by atoms with E-state index in [1.807, 2.05) is 38.1 Å². The zero-order valence-electron chi connectivity index (χ0n) is 11.2. The lowest BCUT2D eigenvalue weighted by molar-refractivity contribution is -0.114. The SMILES string of the molecule is CC(=O)Nc1ccc(OCc2sc(C)nc2C)cc1. The molecule has 0 spiro atoms. The highest BCUT2D eigenvalue weighted by Crippen LogP contribution is 2.21. The first kappa shape index (κ1) is 13.5. The van der Waals surface area contributed by atoms with E-state index in [0.29, 0.717) is 6.61 Å². The quantitative estimate of drug-likeness (QED) is 0.932. The van der Waals surface area contributed by atoms with Crippen LogP contribution in [0.25, 0.3) is 0 Å². The number of anilines is 1. The van der Waals surface area contributed by atoms with Gasteiger partial charge in [-0.15, -0.1) is 11.3 Å². The van der Waals surface area contributed by atoms with E-state index in [1.54, 1.807) is 11.3 Å². The summed E-state index contributed by atoms with van der Waals surface area (Å²) in [5, 5.41) is 3.77. The van der Waals surface area contributed by atoms with Gasteiger partial charge in [0.1, 0.15) is 12.4 Å². The second-order valence-corrected chi connectivity index (χ2v) is 5.52. The van der Waals surface area contributed by atoms with Gasteiger partial charge in [0, 0.05) is 12.6 Å². The standard InChI is InChI=1S/C14H16N2O2S/c1-9-14(19-11(3)15-9)8-18-13-6-4-12(5-7-13)16-10(2)17/h4-7H,8H2,1-3H3,(H,16,17). The summed E-state index contributed by atoms with van der Waals surface area (Å²) in [5.41, 5.74) is 1.79. The summed E-state index contributed by atoms with van der Waals surface area (Å²) in [6, 6.07) is 7.33. The van der Waals surface area contributed by atoms with E-state index in [-0.39, 0.29) is 5.91 Å². The predicted octanol–water partition coefficient (Wildman–Crippen LogP) is 3.30. The van der Waals surface area contributed by atoms with Crippen molar-refractivity contribution in [3.63, 3.8) is 0 Å². The summed E-state index contributed by atoms with van der Waals surface area (Å²) in [6.07, 6.45) is 0. The van der Waals surface area contributed by atoms with E-state index in [1.165, 1.54) is 6.92 Å². The molecule has 0 fully saturated rings. The number of nitrogens with zero attached hydrogens (tertiary/aromatic N) is 1. The average molecular weight is 276 g/mol. The van der Waals surface area contributed by atoms with Crippen molar-refractivity contribution in [2.75, 3.05) is 5.32 Å². The lowest BCUT2D eigenvalue weighted by Crippen LogP contribution is -2.05. The summed E-state index contributed by atoms with van der Waals surface area (Å²) in [4.78, 5) is 16.4. The van der Waals surface area contributed by atoms with E-state index < -0.39 is 0 Å². The van der Waals surface area contributed by atoms with Crippen LogP contribution in [-0.4, -0.2) is 10.9 Å². The molecular weight excluding hydrogens is 260 g/mol. The van der Waals surface area contributed by atoms with Gasteiger partial charge in [-0.05, 0) is 38.1 Å². The number of ether oxygens (including phenoxy) is 1. The summed E-state index contributed by atoms with van der Waals surface area (Å²) >= 11 is 1.65. The molecule has 19 heavy (non-hydrogen) atoms. The Bertz CT molecular complexity index is 576. The Balaban J connectivity index is 1.96. The number of rotatable bonds is 4. The van der Waals surface area contributed by atoms with Gasteiger partial charge in [0.25, 0.3) is 0 Å². The molecule has 0 atom stereocenters. The molecule has 100 valence electrons. The molecule has 4 nitrogen and oxygen atoms in total. The van der Waals surface area contributed by atoms with E-state index in [0.717, 1.165) is 27.0 Å². The molecule has 5 heteroatoms. The maximum absolute atomic E-state index is 10.9. The maximum atomic E-state index is 10.9. The Morgan fingerprint density at radius 2 is 2.00 bits per heavy atom. The van der Waals surface area contributed by atoms with Gasteiger partial charge in [-0.25, -0.2) is 4.98 Å². The van der Waals surface area contributed by atoms with Gasteiger partial charge in [0.05, 0.1) is 15.6 Å². The van der Waals surface area contributed by atoms with Crippen molar-refractivity contribution in [3.05, 3.63) is 39.8 Å². The van der Waals surface area contributed by atoms with Gasteiger partial charge in [-0.2, -0.15) is 0 Å². The summed E-state index contributed by atoms with van der Waals surface area (Å²) in [6.45, 7) is 5.99. The molecule has 0 aliphatic carbocycles. The molecule has 1 aromatic heterocycles. The van der Waals surface area contributed by atoms with Crippen molar-refractivity contribution in [2.45, 2.75) is 27.4 Å². The topological polar surface area (TPSA) is 51.2 Å². The zero-order chi connectivity index (χ0) is 13.8. The molecule has 1 heterocycles. The van der Waals surface area contributed by atoms with Crippen molar-refractivity contribution in [3.8, 4) is 5.75 Å². The normalized spacial score (nSPS) is 10.3. The minimum absolute atomic E-state index is 0.0792. The third-order valence-corrected chi connectivity index (χ3v) is 3.59. The molecule has 0 aliphatic heterocycles. The predicted molar refractivity (Wildman–Crippen MR) is 76.7 cm³/mol. The Kier molecular flexibility index (Phi) is 4.16. The van der Waals surface area contributed by atoms with Crippen molar-refractivity contribution in [1.29, 1.82) is 0 Å². The third-order valence-electron chi connectivity index (χ3n) is 2.54. The molecule has 0 aliphatic rings. The summed E-state index contributed by atoms with van der Waals surface area (Å²) in [5.74, 6) is 0.698. The number of carbonyl (C=O) groups is 1. The van der Waals surface area contributed by atoms with Gasteiger partial charge in [-0.3, -0.25) is 4.79 Å². The van der Waals surface area contributed by atoms with E-state index >= 15 is 0 Å². The van der Waals surface area contributed by atoms with Gasteiger partial charge >= 0.3 is 0 Å². The first-order chi connectivity index (χ1) is 9.04. The van der Waals surface area contributed by atoms with Gasteiger partial charge < -0.3 is 10.1 Å². The molecule has 1 amide bonds. The number of amides is 1. The highest BCUT2D eigenvalue weighted by atomic mass is 32.1. The molecule has 0 saturated carbocycles. The van der Waals surface area contributed by atoms with Crippen LogP contribution in [0, 0.1) is 13.8 Å². The number of nitrogens with one attached hydrogen (secondary N) is 1. The molecule has 2 aromatic rings. The molecule has 2 rings (SSSR count). The number of thiazole rings is 1. The molecule has 0 unspecified atom stereocenters. The fourth-order valence-electron chi connectivity index (χ4n) is 1.69. The lowest BCUT2D eigenvalue weighted by atomic mass is 10.3. The molecule has 0 saturated heterocycles. The van der Waals surface area contributed by atoms with Crippen molar-refractivity contribution < 1.29 is 9.53 Å². The Hall–Kier alpha value is -1.88. The summed E-state index contributed by atoms with van der Waals surface area (Å²) < 4.78 is 5.70. The average Bonchev–Trinajstić information content (AvgIpc) is 2.66. The van der Waals surface area contributed by atoms with Gasteiger partial charge in [0.2, 0.25) is 5.91 Å². The Morgan fingerprint density at radius 3 is 2.53 bits per heavy atom. The molecule has 0 bridgehead atoms. The zero-order valence-corrected chi connectivity index (χ0v) is 12.0. The Labute approximate surface area is 116 Å². The lowest BCUT2D eigenvalue weighted by Gasteiger charge is -2.06. The van der Waals surface area contributed by atoms with Crippen molar-refractivity contribution in [1.82, 2.24) is 4.98 Å². The first-order valence-electron chi connectivity index (χ1n) is 5.98. The largest absolute Gasteiger partial charge is 0.488 e. The fourth-order valence-corrected chi connectivity index (χ4v) is 2.54. The van der Waals surface area contributed by atoms with Crippen molar-refractivity contribution >= 4 is 22.9 Å². The maximum Gasteiger partial charge on any atom is 0.221 e. The van der Waals surface area contributed by atoms with E-state index in [4.69, 9.17) is 4.74 Å². The Morgan fingerprint density at radius 1 is 1.32 bits per heavy atom. The van der Waals surface area contributed by atoms with E-state index in [2.05, 4.69) is 10.3 Å². The smallest absolute Gasteiger partial charge is 0.221 e. The molecule has 0 radical (unpaired) electrons. The summed E-state index contributed by atoms with van der Waals surface area (Å²) in [7, 11) is 0. The van der Waals surface area contributed by atoms with Crippen LogP contribution in [0.2, 0.25) is 0 Å².